The third-order valence-corrected chi connectivity index (χ3v) is 7.30. The molecule has 160 valence electrons. The smallest absolute Gasteiger partial charge is 0.142 e. The second-order valence-electron chi connectivity index (χ2n) is 9.47. The zero-order chi connectivity index (χ0) is 21.2. The Balaban J connectivity index is 1.34. The Morgan fingerprint density at radius 3 is 2.10 bits per heavy atom. The molecular weight excluding hydrogens is 369 g/mol. The minimum Gasteiger partial charge on any atom is -0.206 e. The Morgan fingerprint density at radius 1 is 0.933 bits per heavy atom. The lowest BCUT2D eigenvalue weighted by molar-refractivity contribution is 0.221. The standard InChI is InChI=1S/C28H36FN/c1-2-5-22-8-12-24(13-9-22)16-17-25-14-10-23(11-15-25)6-3-4-7-26-18-19-27(21-30)28(29)20-26/h3,6,18-20,22-25H,2,5,8-17H2,1H3. The molecule has 2 heteroatoms. The largest absolute Gasteiger partial charge is 0.206 e. The lowest BCUT2D eigenvalue weighted by Crippen LogP contribution is -2.17. The van der Waals surface area contributed by atoms with Crippen molar-refractivity contribution in [3.63, 3.8) is 0 Å². The first-order valence-corrected chi connectivity index (χ1v) is 12.1. The second kappa shape index (κ2) is 12.0. The number of hydrogen-bond acceptors (Lipinski definition) is 1. The summed E-state index contributed by atoms with van der Waals surface area (Å²) in [5, 5.41) is 8.78. The van der Waals surface area contributed by atoms with Crippen LogP contribution in [0.15, 0.2) is 30.4 Å². The molecule has 0 unspecified atom stereocenters. The van der Waals surface area contributed by atoms with E-state index < -0.39 is 5.82 Å². The predicted molar refractivity (Wildman–Crippen MR) is 122 cm³/mol. The minimum absolute atomic E-state index is 0.0667. The molecule has 0 amide bonds. The van der Waals surface area contributed by atoms with Gasteiger partial charge in [-0.05, 0) is 73.6 Å². The van der Waals surface area contributed by atoms with Gasteiger partial charge >= 0.3 is 0 Å². The zero-order valence-corrected chi connectivity index (χ0v) is 18.5. The first kappa shape index (κ1) is 22.6. The summed E-state index contributed by atoms with van der Waals surface area (Å²) >= 11 is 0. The molecule has 1 aromatic carbocycles. The molecule has 1 nitrogen and oxygen atoms in total. The molecule has 0 aromatic heterocycles. The average Bonchev–Trinajstić information content (AvgIpc) is 2.77. The lowest BCUT2D eigenvalue weighted by Gasteiger charge is -2.31. The predicted octanol–water partition coefficient (Wildman–Crippen LogP) is 7.80. The summed E-state index contributed by atoms with van der Waals surface area (Å²) in [6.45, 7) is 2.32. The fourth-order valence-corrected chi connectivity index (χ4v) is 5.35. The monoisotopic (exact) mass is 405 g/mol. The van der Waals surface area contributed by atoms with E-state index in [1.807, 2.05) is 12.1 Å². The van der Waals surface area contributed by atoms with Crippen LogP contribution >= 0.6 is 0 Å². The van der Waals surface area contributed by atoms with Crippen molar-refractivity contribution < 1.29 is 4.39 Å². The third kappa shape index (κ3) is 7.02. The van der Waals surface area contributed by atoms with Crippen LogP contribution in [0.4, 0.5) is 4.39 Å². The van der Waals surface area contributed by atoms with Crippen molar-refractivity contribution in [2.24, 2.45) is 23.7 Å². The number of hydrogen-bond donors (Lipinski definition) is 0. The van der Waals surface area contributed by atoms with E-state index in [0.717, 1.165) is 17.8 Å². The van der Waals surface area contributed by atoms with Crippen molar-refractivity contribution in [3.8, 4) is 17.9 Å². The van der Waals surface area contributed by atoms with Gasteiger partial charge in [-0.1, -0.05) is 76.2 Å². The van der Waals surface area contributed by atoms with Gasteiger partial charge in [0.2, 0.25) is 0 Å². The molecule has 0 N–H and O–H groups in total. The lowest BCUT2D eigenvalue weighted by atomic mass is 9.75. The molecule has 2 saturated carbocycles. The van der Waals surface area contributed by atoms with Crippen LogP contribution in [-0.2, 0) is 0 Å². The Bertz CT molecular complexity index is 790. The molecule has 0 spiro atoms. The van der Waals surface area contributed by atoms with Crippen molar-refractivity contribution in [2.45, 2.75) is 84.0 Å². The first-order chi connectivity index (χ1) is 14.7. The van der Waals surface area contributed by atoms with Crippen molar-refractivity contribution in [2.75, 3.05) is 0 Å². The van der Waals surface area contributed by atoms with Crippen molar-refractivity contribution in [1.82, 2.24) is 0 Å². The van der Waals surface area contributed by atoms with Gasteiger partial charge in [0.25, 0.3) is 0 Å². The van der Waals surface area contributed by atoms with E-state index in [1.54, 1.807) is 6.07 Å². The van der Waals surface area contributed by atoms with Gasteiger partial charge in [0, 0.05) is 5.56 Å². The van der Waals surface area contributed by atoms with Crippen LogP contribution in [0.1, 0.15) is 95.1 Å². The summed E-state index contributed by atoms with van der Waals surface area (Å²) < 4.78 is 13.6. The molecule has 2 fully saturated rings. The molecule has 0 atom stereocenters. The van der Waals surface area contributed by atoms with Crippen molar-refractivity contribution in [1.29, 1.82) is 5.26 Å². The minimum atomic E-state index is -0.499. The highest BCUT2D eigenvalue weighted by Crippen LogP contribution is 2.37. The third-order valence-electron chi connectivity index (χ3n) is 7.30. The summed E-state index contributed by atoms with van der Waals surface area (Å²) in [5.74, 6) is 9.07. The highest BCUT2D eigenvalue weighted by Gasteiger charge is 2.23. The number of allylic oxidation sites excluding steroid dienone is 2. The van der Waals surface area contributed by atoms with Gasteiger partial charge in [0.05, 0.1) is 5.56 Å². The number of halogens is 1. The number of rotatable bonds is 6. The Hall–Kier alpha value is -2.06. The van der Waals surface area contributed by atoms with Crippen molar-refractivity contribution >= 4 is 0 Å². The molecule has 0 heterocycles. The summed E-state index contributed by atoms with van der Waals surface area (Å²) in [5.41, 5.74) is 0.681. The van der Waals surface area contributed by atoms with Crippen molar-refractivity contribution in [3.05, 3.63) is 47.3 Å². The molecule has 0 bridgehead atoms. The SMILES string of the molecule is CCCC1CCC(CCC2CCC(C=CC#Cc3ccc(C#N)c(F)c3)CC2)CC1. The number of nitriles is 1. The van der Waals surface area contributed by atoms with Gasteiger partial charge < -0.3 is 0 Å². The summed E-state index contributed by atoms with van der Waals surface area (Å²) in [7, 11) is 0. The Morgan fingerprint density at radius 2 is 1.53 bits per heavy atom. The van der Waals surface area contributed by atoms with E-state index in [2.05, 4.69) is 24.8 Å². The topological polar surface area (TPSA) is 23.8 Å². The molecular formula is C28H36FN. The van der Waals surface area contributed by atoms with Crippen LogP contribution < -0.4 is 0 Å². The van der Waals surface area contributed by atoms with Gasteiger partial charge in [0.1, 0.15) is 11.9 Å². The highest BCUT2D eigenvalue weighted by atomic mass is 19.1. The maximum absolute atomic E-state index is 13.6. The summed E-state index contributed by atoms with van der Waals surface area (Å²) in [6, 6.07) is 6.35. The quantitative estimate of drug-likeness (QED) is 0.443. The zero-order valence-electron chi connectivity index (χ0n) is 18.5. The molecule has 3 rings (SSSR count). The fourth-order valence-electron chi connectivity index (χ4n) is 5.35. The van der Waals surface area contributed by atoms with Crippen LogP contribution in [0.5, 0.6) is 0 Å². The maximum atomic E-state index is 13.6. The molecule has 0 radical (unpaired) electrons. The van der Waals surface area contributed by atoms with Gasteiger partial charge in [-0.3, -0.25) is 0 Å². The fraction of sp³-hybridized carbons (Fsp3) is 0.607. The average molecular weight is 406 g/mol. The van der Waals surface area contributed by atoms with Crippen LogP contribution in [0.25, 0.3) is 0 Å². The van der Waals surface area contributed by atoms with E-state index in [9.17, 15) is 4.39 Å². The Labute approximate surface area is 182 Å². The van der Waals surface area contributed by atoms with Crippen LogP contribution in [0.2, 0.25) is 0 Å². The van der Waals surface area contributed by atoms with E-state index in [-0.39, 0.29) is 5.56 Å². The Kier molecular flexibility index (Phi) is 9.01. The van der Waals surface area contributed by atoms with Gasteiger partial charge in [-0.2, -0.15) is 5.26 Å². The molecule has 0 saturated heterocycles. The molecule has 2 aliphatic carbocycles. The van der Waals surface area contributed by atoms with Gasteiger partial charge in [0.15, 0.2) is 0 Å². The maximum Gasteiger partial charge on any atom is 0.142 e. The second-order valence-corrected chi connectivity index (χ2v) is 9.47. The number of nitrogens with zero attached hydrogens (tertiary/aromatic N) is 1. The van der Waals surface area contributed by atoms with E-state index in [0.29, 0.717) is 11.5 Å². The molecule has 1 aromatic rings. The van der Waals surface area contributed by atoms with Crippen LogP contribution in [0.3, 0.4) is 0 Å². The summed E-state index contributed by atoms with van der Waals surface area (Å²) in [6.07, 6.45) is 21.0. The van der Waals surface area contributed by atoms with Crippen LogP contribution in [-0.4, -0.2) is 0 Å². The van der Waals surface area contributed by atoms with Gasteiger partial charge in [-0.15, -0.1) is 0 Å². The summed E-state index contributed by atoms with van der Waals surface area (Å²) in [4.78, 5) is 0. The van der Waals surface area contributed by atoms with E-state index in [4.69, 9.17) is 5.26 Å². The molecule has 2 aliphatic rings. The molecule has 0 aliphatic heterocycles. The van der Waals surface area contributed by atoms with E-state index >= 15 is 0 Å². The van der Waals surface area contributed by atoms with Crippen LogP contribution in [0, 0.1) is 52.7 Å². The normalized spacial score (nSPS) is 26.7. The first-order valence-electron chi connectivity index (χ1n) is 12.1. The number of benzene rings is 1. The highest BCUT2D eigenvalue weighted by molar-refractivity contribution is 5.42. The van der Waals surface area contributed by atoms with Gasteiger partial charge in [-0.25, -0.2) is 4.39 Å². The molecule has 30 heavy (non-hydrogen) atoms. The van der Waals surface area contributed by atoms with E-state index in [1.165, 1.54) is 89.2 Å².